The number of hydrogen-bond acceptors (Lipinski definition) is 2. The van der Waals surface area contributed by atoms with E-state index in [1.807, 2.05) is 0 Å². The highest BCUT2D eigenvalue weighted by molar-refractivity contribution is 7.16. The number of rotatable bonds is 2. The van der Waals surface area contributed by atoms with Crippen LogP contribution >= 0.6 is 22.9 Å². The fourth-order valence-electron chi connectivity index (χ4n) is 1.82. The SMILES string of the molecule is Cc1cc(C(N)c2ccccc2C(F)(F)F)sc1Cl. The molecule has 2 rings (SSSR count). The summed E-state index contributed by atoms with van der Waals surface area (Å²) in [5.41, 5.74) is 6.13. The van der Waals surface area contributed by atoms with Crippen LogP contribution < -0.4 is 5.73 Å². The summed E-state index contributed by atoms with van der Waals surface area (Å²) in [5, 5.41) is 0. The van der Waals surface area contributed by atoms with E-state index in [0.29, 0.717) is 9.21 Å². The summed E-state index contributed by atoms with van der Waals surface area (Å²) < 4.78 is 39.3. The first kappa shape index (κ1) is 14.4. The van der Waals surface area contributed by atoms with E-state index in [4.69, 9.17) is 17.3 Å². The van der Waals surface area contributed by atoms with E-state index in [-0.39, 0.29) is 5.56 Å². The number of thiophene rings is 1. The molecule has 0 aliphatic carbocycles. The molecule has 0 spiro atoms. The van der Waals surface area contributed by atoms with Crippen LogP contribution in [0.1, 0.15) is 27.6 Å². The van der Waals surface area contributed by atoms with Gasteiger partial charge in [-0.25, -0.2) is 0 Å². The molecule has 1 unspecified atom stereocenters. The highest BCUT2D eigenvalue weighted by Crippen LogP contribution is 2.38. The van der Waals surface area contributed by atoms with E-state index < -0.39 is 17.8 Å². The third kappa shape index (κ3) is 2.94. The Morgan fingerprint density at radius 3 is 2.42 bits per heavy atom. The maximum atomic E-state index is 12.9. The largest absolute Gasteiger partial charge is 0.416 e. The Kier molecular flexibility index (Phi) is 3.90. The Labute approximate surface area is 117 Å². The van der Waals surface area contributed by atoms with Crippen LogP contribution in [0.3, 0.4) is 0 Å². The van der Waals surface area contributed by atoms with Gasteiger partial charge in [0.2, 0.25) is 0 Å². The number of benzene rings is 1. The van der Waals surface area contributed by atoms with Gasteiger partial charge >= 0.3 is 6.18 Å². The fraction of sp³-hybridized carbons (Fsp3) is 0.231. The van der Waals surface area contributed by atoms with Crippen LogP contribution in [0.2, 0.25) is 4.34 Å². The van der Waals surface area contributed by atoms with Gasteiger partial charge in [-0.3, -0.25) is 0 Å². The number of aryl methyl sites for hydroxylation is 1. The van der Waals surface area contributed by atoms with Crippen molar-refractivity contribution in [2.75, 3.05) is 0 Å². The van der Waals surface area contributed by atoms with E-state index in [9.17, 15) is 13.2 Å². The zero-order chi connectivity index (χ0) is 14.2. The lowest BCUT2D eigenvalue weighted by Gasteiger charge is -2.17. The molecule has 1 atom stereocenters. The van der Waals surface area contributed by atoms with Crippen LogP contribution in [0.5, 0.6) is 0 Å². The Balaban J connectivity index is 2.47. The molecule has 2 aromatic rings. The Morgan fingerprint density at radius 2 is 1.89 bits per heavy atom. The molecule has 0 saturated carbocycles. The molecule has 6 heteroatoms. The predicted octanol–water partition coefficient (Wildman–Crippen LogP) is 4.78. The maximum absolute atomic E-state index is 12.9. The normalized spacial score (nSPS) is 13.6. The molecule has 1 nitrogen and oxygen atoms in total. The fourth-order valence-corrected chi connectivity index (χ4v) is 3.05. The minimum Gasteiger partial charge on any atom is -0.320 e. The van der Waals surface area contributed by atoms with Crippen LogP contribution in [0, 0.1) is 6.92 Å². The van der Waals surface area contributed by atoms with Crippen molar-refractivity contribution in [3.05, 3.63) is 56.2 Å². The van der Waals surface area contributed by atoms with Gasteiger partial charge in [0.1, 0.15) is 0 Å². The van der Waals surface area contributed by atoms with Crippen molar-refractivity contribution in [1.82, 2.24) is 0 Å². The summed E-state index contributed by atoms with van der Waals surface area (Å²) in [6.45, 7) is 1.80. The lowest BCUT2D eigenvalue weighted by atomic mass is 9.99. The van der Waals surface area contributed by atoms with E-state index in [0.717, 1.165) is 11.6 Å². The van der Waals surface area contributed by atoms with Crippen molar-refractivity contribution in [2.45, 2.75) is 19.1 Å². The molecule has 0 amide bonds. The highest BCUT2D eigenvalue weighted by atomic mass is 35.5. The topological polar surface area (TPSA) is 26.0 Å². The summed E-state index contributed by atoms with van der Waals surface area (Å²) in [4.78, 5) is 0.624. The second kappa shape index (κ2) is 5.15. The molecule has 1 heterocycles. The van der Waals surface area contributed by atoms with Gasteiger partial charge in [-0.15, -0.1) is 11.3 Å². The molecule has 0 aliphatic heterocycles. The molecule has 19 heavy (non-hydrogen) atoms. The second-order valence-corrected chi connectivity index (χ2v) is 5.85. The van der Waals surface area contributed by atoms with Gasteiger partial charge in [-0.2, -0.15) is 13.2 Å². The van der Waals surface area contributed by atoms with Crippen molar-refractivity contribution in [1.29, 1.82) is 0 Å². The van der Waals surface area contributed by atoms with Gasteiger partial charge in [-0.05, 0) is 30.2 Å². The first-order valence-electron chi connectivity index (χ1n) is 5.48. The van der Waals surface area contributed by atoms with Crippen molar-refractivity contribution in [3.8, 4) is 0 Å². The lowest BCUT2D eigenvalue weighted by molar-refractivity contribution is -0.138. The van der Waals surface area contributed by atoms with E-state index in [2.05, 4.69) is 0 Å². The maximum Gasteiger partial charge on any atom is 0.416 e. The summed E-state index contributed by atoms with van der Waals surface area (Å²) in [6, 6.07) is 6.24. The quantitative estimate of drug-likeness (QED) is 0.849. The summed E-state index contributed by atoms with van der Waals surface area (Å²) in [6.07, 6.45) is -4.41. The minimum absolute atomic E-state index is 0.0629. The Morgan fingerprint density at radius 1 is 1.26 bits per heavy atom. The van der Waals surface area contributed by atoms with E-state index in [1.54, 1.807) is 19.1 Å². The second-order valence-electron chi connectivity index (χ2n) is 4.17. The van der Waals surface area contributed by atoms with Crippen molar-refractivity contribution < 1.29 is 13.2 Å². The average molecular weight is 306 g/mol. The standard InChI is InChI=1S/C13H11ClF3NS/c1-7-6-10(19-12(7)14)11(18)8-4-2-3-5-9(8)13(15,16)17/h2-6,11H,18H2,1H3. The third-order valence-electron chi connectivity index (χ3n) is 2.78. The van der Waals surface area contributed by atoms with Crippen LogP contribution in [0.15, 0.2) is 30.3 Å². The van der Waals surface area contributed by atoms with Crippen LogP contribution in [-0.2, 0) is 6.18 Å². The van der Waals surface area contributed by atoms with Gasteiger partial charge in [-0.1, -0.05) is 29.8 Å². The molecule has 0 saturated heterocycles. The molecule has 0 fully saturated rings. The summed E-state index contributed by atoms with van der Waals surface area (Å²) in [5.74, 6) is 0. The summed E-state index contributed by atoms with van der Waals surface area (Å²) >= 11 is 7.14. The average Bonchev–Trinajstić information content (AvgIpc) is 2.68. The van der Waals surface area contributed by atoms with Gasteiger partial charge in [0, 0.05) is 4.88 Å². The molecular weight excluding hydrogens is 295 g/mol. The van der Waals surface area contributed by atoms with Gasteiger partial charge < -0.3 is 5.73 Å². The molecule has 1 aromatic carbocycles. The van der Waals surface area contributed by atoms with Crippen molar-refractivity contribution in [3.63, 3.8) is 0 Å². The number of halogens is 4. The smallest absolute Gasteiger partial charge is 0.320 e. The van der Waals surface area contributed by atoms with Gasteiger partial charge in [0.15, 0.2) is 0 Å². The summed E-state index contributed by atoms with van der Waals surface area (Å²) in [7, 11) is 0. The molecule has 2 N–H and O–H groups in total. The number of nitrogens with two attached hydrogens (primary N) is 1. The van der Waals surface area contributed by atoms with Crippen molar-refractivity contribution in [2.24, 2.45) is 5.73 Å². The first-order chi connectivity index (χ1) is 8.80. The molecule has 0 bridgehead atoms. The van der Waals surface area contributed by atoms with Crippen LogP contribution in [-0.4, -0.2) is 0 Å². The Hall–Kier alpha value is -1.04. The lowest BCUT2D eigenvalue weighted by Crippen LogP contribution is -2.17. The molecule has 102 valence electrons. The number of hydrogen-bond donors (Lipinski definition) is 1. The molecule has 0 radical (unpaired) electrons. The van der Waals surface area contributed by atoms with Crippen molar-refractivity contribution >= 4 is 22.9 Å². The minimum atomic E-state index is -4.41. The predicted molar refractivity (Wildman–Crippen MR) is 71.5 cm³/mol. The molecular formula is C13H11ClF3NS. The highest BCUT2D eigenvalue weighted by Gasteiger charge is 2.34. The van der Waals surface area contributed by atoms with Gasteiger partial charge in [0.05, 0.1) is 15.9 Å². The van der Waals surface area contributed by atoms with Crippen LogP contribution in [0.4, 0.5) is 13.2 Å². The van der Waals surface area contributed by atoms with E-state index in [1.165, 1.54) is 23.5 Å². The van der Waals surface area contributed by atoms with E-state index >= 15 is 0 Å². The first-order valence-corrected chi connectivity index (χ1v) is 6.67. The third-order valence-corrected chi connectivity index (χ3v) is 4.42. The monoisotopic (exact) mass is 305 g/mol. The molecule has 0 aliphatic rings. The molecule has 1 aromatic heterocycles. The van der Waals surface area contributed by atoms with Crippen LogP contribution in [0.25, 0.3) is 0 Å². The zero-order valence-corrected chi connectivity index (χ0v) is 11.5. The van der Waals surface area contributed by atoms with Gasteiger partial charge in [0.25, 0.3) is 0 Å². The Bertz CT molecular complexity index is 572. The zero-order valence-electron chi connectivity index (χ0n) is 9.96. The number of alkyl halides is 3.